The highest BCUT2D eigenvalue weighted by Crippen LogP contribution is 2.15. The summed E-state index contributed by atoms with van der Waals surface area (Å²) in [6.07, 6.45) is 0.0448. The van der Waals surface area contributed by atoms with Gasteiger partial charge in [0.15, 0.2) is 0 Å². The van der Waals surface area contributed by atoms with Gasteiger partial charge in [0.2, 0.25) is 5.91 Å². The molecule has 51 heavy (non-hydrogen) atoms. The quantitative estimate of drug-likeness (QED) is 0.251. The fourth-order valence-corrected chi connectivity index (χ4v) is 4.89. The van der Waals surface area contributed by atoms with Crippen LogP contribution in [-0.4, -0.2) is 126 Å². The van der Waals surface area contributed by atoms with E-state index >= 15 is 0 Å². The van der Waals surface area contributed by atoms with Crippen LogP contribution in [0.5, 0.6) is 0 Å². The predicted molar refractivity (Wildman–Crippen MR) is 193 cm³/mol. The predicted octanol–water partition coefficient (Wildman–Crippen LogP) is 6.03. The number of alkyl carbamates (subject to hydrolysis) is 1. The third-order valence-corrected chi connectivity index (χ3v) is 7.42. The maximum Gasteiger partial charge on any atom is 0.410 e. The topological polar surface area (TPSA) is 147 Å². The van der Waals surface area contributed by atoms with Crippen LogP contribution < -0.4 is 5.32 Å². The fourth-order valence-electron chi connectivity index (χ4n) is 4.89. The smallest absolute Gasteiger partial charge is 0.410 e. The Morgan fingerprint density at radius 3 is 1.35 bits per heavy atom. The van der Waals surface area contributed by atoms with Crippen LogP contribution in [0.4, 0.5) is 19.2 Å². The van der Waals surface area contributed by atoms with Crippen molar-refractivity contribution in [2.24, 2.45) is 0 Å². The first-order chi connectivity index (χ1) is 23.7. The highest BCUT2D eigenvalue weighted by molar-refractivity contribution is 5.76. The number of hydrogen-bond donors (Lipinski definition) is 1. The lowest BCUT2D eigenvalue weighted by Crippen LogP contribution is -2.52. The van der Waals surface area contributed by atoms with Gasteiger partial charge in [-0.3, -0.25) is 4.79 Å². The van der Waals surface area contributed by atoms with E-state index in [2.05, 4.69) is 5.32 Å². The monoisotopic (exact) mass is 719 g/mol. The van der Waals surface area contributed by atoms with Crippen molar-refractivity contribution in [3.8, 4) is 0 Å². The van der Waals surface area contributed by atoms with Crippen molar-refractivity contribution in [3.63, 3.8) is 0 Å². The molecule has 0 spiro atoms. The molecular weight excluding hydrogens is 658 g/mol. The van der Waals surface area contributed by atoms with Crippen LogP contribution in [0.1, 0.15) is 93.6 Å². The van der Waals surface area contributed by atoms with Gasteiger partial charge in [0.1, 0.15) is 23.4 Å². The molecule has 0 saturated carbocycles. The SMILES string of the molecule is CC(C)(C)OC(=O)N1CCN(C(=O)CCCCCNC(=O)OCc2ccccc2)CCN(C(=O)OC(C)(C)C)CCN(C(=O)OC(C)(C)C)CC1. The molecule has 0 aliphatic carbocycles. The van der Waals surface area contributed by atoms with E-state index in [0.717, 1.165) is 5.56 Å². The number of nitrogens with one attached hydrogen (secondary N) is 1. The molecule has 1 heterocycles. The standard InChI is InChI=1S/C37H61N5O9/c1-35(2,3)49-32(45)40-22-20-39(30(43)18-14-11-15-19-38-31(44)48-28-29-16-12-10-13-17-29)21-23-41(33(46)50-36(4,5)6)25-27-42(26-24-40)34(47)51-37(7,8)9/h10,12-13,16-17H,11,14-15,18-28H2,1-9H3,(H,38,44). The number of ether oxygens (including phenoxy) is 4. The Morgan fingerprint density at radius 2 is 0.961 bits per heavy atom. The lowest BCUT2D eigenvalue weighted by molar-refractivity contribution is -0.132. The largest absolute Gasteiger partial charge is 0.445 e. The maximum atomic E-state index is 13.6. The fraction of sp³-hybridized carbons (Fsp3) is 0.703. The number of carbonyl (C=O) groups is 5. The van der Waals surface area contributed by atoms with Gasteiger partial charge in [0.25, 0.3) is 0 Å². The van der Waals surface area contributed by atoms with Gasteiger partial charge >= 0.3 is 24.4 Å². The maximum absolute atomic E-state index is 13.6. The van der Waals surface area contributed by atoms with Crippen molar-refractivity contribution >= 4 is 30.3 Å². The molecule has 288 valence electrons. The molecule has 1 aliphatic rings. The minimum absolute atomic E-state index is 0.119. The number of amides is 5. The van der Waals surface area contributed by atoms with Crippen LogP contribution in [0.3, 0.4) is 0 Å². The number of rotatable bonds is 8. The van der Waals surface area contributed by atoms with Crippen LogP contribution in [-0.2, 0) is 30.3 Å². The number of benzene rings is 1. The summed E-state index contributed by atoms with van der Waals surface area (Å²) in [4.78, 5) is 71.5. The number of carbonyl (C=O) groups excluding carboxylic acids is 5. The number of hydrogen-bond acceptors (Lipinski definition) is 9. The first kappa shape index (κ1) is 42.9. The number of unbranched alkanes of at least 4 members (excludes halogenated alkanes) is 2. The van der Waals surface area contributed by atoms with Gasteiger partial charge in [-0.25, -0.2) is 19.2 Å². The first-order valence-corrected chi connectivity index (χ1v) is 17.9. The molecule has 1 aromatic rings. The van der Waals surface area contributed by atoms with E-state index in [0.29, 0.717) is 25.8 Å². The molecule has 1 fully saturated rings. The second-order valence-corrected chi connectivity index (χ2v) is 15.6. The zero-order chi connectivity index (χ0) is 38.2. The highest BCUT2D eigenvalue weighted by atomic mass is 16.6. The minimum atomic E-state index is -0.748. The van der Waals surface area contributed by atoms with Crippen LogP contribution >= 0.6 is 0 Å². The summed E-state index contributed by atoms with van der Waals surface area (Å²) in [7, 11) is 0. The summed E-state index contributed by atoms with van der Waals surface area (Å²) < 4.78 is 22.2. The van der Waals surface area contributed by atoms with E-state index in [1.54, 1.807) is 67.2 Å². The van der Waals surface area contributed by atoms with Gasteiger partial charge in [0, 0.05) is 65.3 Å². The molecule has 1 aromatic carbocycles. The molecule has 14 nitrogen and oxygen atoms in total. The number of nitrogens with zero attached hydrogens (tertiary/aromatic N) is 4. The third kappa shape index (κ3) is 18.5. The Hall–Kier alpha value is -4.23. The van der Waals surface area contributed by atoms with E-state index in [1.807, 2.05) is 30.3 Å². The van der Waals surface area contributed by atoms with E-state index in [-0.39, 0.29) is 71.3 Å². The zero-order valence-corrected chi connectivity index (χ0v) is 32.2. The van der Waals surface area contributed by atoms with E-state index in [9.17, 15) is 24.0 Å². The molecule has 2 rings (SSSR count). The Kier molecular flexibility index (Phi) is 16.8. The Morgan fingerprint density at radius 1 is 0.569 bits per heavy atom. The molecular formula is C37H61N5O9. The van der Waals surface area contributed by atoms with Gasteiger partial charge < -0.3 is 43.9 Å². The van der Waals surface area contributed by atoms with Crippen LogP contribution in [0.2, 0.25) is 0 Å². The van der Waals surface area contributed by atoms with Crippen LogP contribution in [0.15, 0.2) is 30.3 Å². The summed E-state index contributed by atoms with van der Waals surface area (Å²) >= 11 is 0. The second-order valence-electron chi connectivity index (χ2n) is 15.6. The molecule has 0 unspecified atom stereocenters. The van der Waals surface area contributed by atoms with Crippen molar-refractivity contribution in [2.75, 3.05) is 58.9 Å². The molecule has 0 aromatic heterocycles. The van der Waals surface area contributed by atoms with Crippen molar-refractivity contribution in [1.29, 1.82) is 0 Å². The molecule has 14 heteroatoms. The Bertz CT molecular complexity index is 1230. The Balaban J connectivity index is 2.10. The van der Waals surface area contributed by atoms with Crippen molar-refractivity contribution in [2.45, 2.75) is 111 Å². The molecule has 0 atom stereocenters. The minimum Gasteiger partial charge on any atom is -0.445 e. The first-order valence-electron chi connectivity index (χ1n) is 17.9. The Labute approximate surface area is 304 Å². The molecule has 1 N–H and O–H groups in total. The van der Waals surface area contributed by atoms with E-state index in [4.69, 9.17) is 18.9 Å². The van der Waals surface area contributed by atoms with Crippen molar-refractivity contribution < 1.29 is 42.9 Å². The van der Waals surface area contributed by atoms with E-state index < -0.39 is 41.2 Å². The van der Waals surface area contributed by atoms with Gasteiger partial charge in [-0.2, -0.15) is 0 Å². The summed E-state index contributed by atoms with van der Waals surface area (Å²) in [5.41, 5.74) is -1.34. The molecule has 1 aliphatic heterocycles. The summed E-state index contributed by atoms with van der Waals surface area (Å²) in [5.74, 6) is -0.119. The van der Waals surface area contributed by atoms with Gasteiger partial charge in [-0.05, 0) is 80.7 Å². The highest BCUT2D eigenvalue weighted by Gasteiger charge is 2.30. The van der Waals surface area contributed by atoms with Crippen molar-refractivity contribution in [1.82, 2.24) is 24.9 Å². The summed E-state index contributed by atoms with van der Waals surface area (Å²) in [6.45, 7) is 17.8. The van der Waals surface area contributed by atoms with Gasteiger partial charge in [-0.15, -0.1) is 0 Å². The lowest BCUT2D eigenvalue weighted by Gasteiger charge is -2.36. The normalized spacial score (nSPS) is 15.2. The van der Waals surface area contributed by atoms with Crippen LogP contribution in [0.25, 0.3) is 0 Å². The zero-order valence-electron chi connectivity index (χ0n) is 32.2. The van der Waals surface area contributed by atoms with E-state index in [1.165, 1.54) is 14.7 Å². The third-order valence-electron chi connectivity index (χ3n) is 7.42. The average Bonchev–Trinajstić information content (AvgIpc) is 2.99. The van der Waals surface area contributed by atoms with Crippen LogP contribution in [0, 0.1) is 0 Å². The van der Waals surface area contributed by atoms with Crippen molar-refractivity contribution in [3.05, 3.63) is 35.9 Å². The second kappa shape index (κ2) is 20.0. The molecule has 5 amide bonds. The van der Waals surface area contributed by atoms with Gasteiger partial charge in [0.05, 0.1) is 0 Å². The average molecular weight is 720 g/mol. The molecule has 0 radical (unpaired) electrons. The molecule has 1 saturated heterocycles. The molecule has 0 bridgehead atoms. The summed E-state index contributed by atoms with van der Waals surface area (Å²) in [6, 6.07) is 9.42. The summed E-state index contributed by atoms with van der Waals surface area (Å²) in [5, 5.41) is 2.74. The lowest BCUT2D eigenvalue weighted by atomic mass is 10.1. The van der Waals surface area contributed by atoms with Gasteiger partial charge in [-0.1, -0.05) is 36.8 Å².